The van der Waals surface area contributed by atoms with Gasteiger partial charge in [0.05, 0.1) is 6.26 Å². The van der Waals surface area contributed by atoms with E-state index in [-0.39, 0.29) is 11.8 Å². The predicted molar refractivity (Wildman–Crippen MR) is 93.8 cm³/mol. The number of rotatable bonds is 4. The quantitative estimate of drug-likeness (QED) is 0.871. The summed E-state index contributed by atoms with van der Waals surface area (Å²) in [6.07, 6.45) is 7.13. The lowest BCUT2D eigenvalue weighted by Gasteiger charge is -2.28. The number of carbonyl (C=O) groups excluding carboxylic acids is 2. The van der Waals surface area contributed by atoms with Gasteiger partial charge in [0.15, 0.2) is 0 Å². The number of hydrogen-bond donors (Lipinski definition) is 1. The zero-order valence-electron chi connectivity index (χ0n) is 13.6. The summed E-state index contributed by atoms with van der Waals surface area (Å²) >= 11 is 0. The first-order valence-corrected chi connectivity index (χ1v) is 8.07. The van der Waals surface area contributed by atoms with Crippen LogP contribution in [0.4, 0.5) is 11.4 Å². The Labute approximate surface area is 141 Å². The number of furan rings is 1. The van der Waals surface area contributed by atoms with Gasteiger partial charge in [0.1, 0.15) is 5.76 Å². The first-order chi connectivity index (χ1) is 11.6. The molecule has 0 spiro atoms. The van der Waals surface area contributed by atoms with Crippen LogP contribution in [0.1, 0.15) is 30.6 Å². The molecule has 0 radical (unpaired) electrons. The van der Waals surface area contributed by atoms with Crippen molar-refractivity contribution in [1.29, 1.82) is 0 Å². The molecular formula is C19H20N2O3. The third-order valence-electron chi connectivity index (χ3n) is 4.03. The lowest BCUT2D eigenvalue weighted by molar-refractivity contribution is -0.119. The van der Waals surface area contributed by atoms with E-state index in [0.717, 1.165) is 30.6 Å². The lowest BCUT2D eigenvalue weighted by Crippen LogP contribution is -2.35. The lowest BCUT2D eigenvalue weighted by atomic mass is 10.1. The van der Waals surface area contributed by atoms with E-state index >= 15 is 0 Å². The van der Waals surface area contributed by atoms with Crippen LogP contribution in [0.3, 0.4) is 0 Å². The van der Waals surface area contributed by atoms with Crippen LogP contribution in [0, 0.1) is 6.92 Å². The number of hydrogen-bond acceptors (Lipinski definition) is 3. The van der Waals surface area contributed by atoms with Gasteiger partial charge >= 0.3 is 0 Å². The SMILES string of the molecule is Cc1ccc(NC(=O)/C=C/c2ccco2)cc1N1CCCCC1=O. The second-order valence-corrected chi connectivity index (χ2v) is 5.84. The van der Waals surface area contributed by atoms with Crippen molar-refractivity contribution in [2.75, 3.05) is 16.8 Å². The number of carbonyl (C=O) groups is 2. The van der Waals surface area contributed by atoms with E-state index in [9.17, 15) is 9.59 Å². The van der Waals surface area contributed by atoms with Crippen molar-refractivity contribution < 1.29 is 14.0 Å². The van der Waals surface area contributed by atoms with E-state index in [1.54, 1.807) is 24.5 Å². The van der Waals surface area contributed by atoms with Crippen molar-refractivity contribution in [1.82, 2.24) is 0 Å². The van der Waals surface area contributed by atoms with Crippen molar-refractivity contribution in [2.24, 2.45) is 0 Å². The molecule has 0 unspecified atom stereocenters. The van der Waals surface area contributed by atoms with Gasteiger partial charge in [-0.25, -0.2) is 0 Å². The van der Waals surface area contributed by atoms with E-state index < -0.39 is 0 Å². The normalized spacial score (nSPS) is 15.0. The first-order valence-electron chi connectivity index (χ1n) is 8.07. The summed E-state index contributed by atoms with van der Waals surface area (Å²) in [5.74, 6) is 0.519. The molecule has 3 rings (SSSR count). The van der Waals surface area contributed by atoms with Gasteiger partial charge in [-0.15, -0.1) is 0 Å². The molecule has 1 aliphatic heterocycles. The van der Waals surface area contributed by atoms with Crippen molar-refractivity contribution in [3.05, 3.63) is 54.0 Å². The summed E-state index contributed by atoms with van der Waals surface area (Å²) in [6, 6.07) is 9.15. The Morgan fingerprint density at radius 3 is 2.92 bits per heavy atom. The minimum absolute atomic E-state index is 0.144. The van der Waals surface area contributed by atoms with Crippen LogP contribution in [0.5, 0.6) is 0 Å². The van der Waals surface area contributed by atoms with Gasteiger partial charge in [-0.1, -0.05) is 6.07 Å². The van der Waals surface area contributed by atoms with Crippen molar-refractivity contribution in [2.45, 2.75) is 26.2 Å². The van der Waals surface area contributed by atoms with Crippen LogP contribution in [-0.4, -0.2) is 18.4 Å². The fourth-order valence-corrected chi connectivity index (χ4v) is 2.77. The number of piperidine rings is 1. The maximum absolute atomic E-state index is 12.1. The Balaban J connectivity index is 1.73. The molecule has 1 N–H and O–H groups in total. The van der Waals surface area contributed by atoms with Crippen LogP contribution in [0.2, 0.25) is 0 Å². The number of nitrogens with one attached hydrogen (secondary N) is 1. The van der Waals surface area contributed by atoms with Crippen LogP contribution in [-0.2, 0) is 9.59 Å². The molecule has 0 aliphatic carbocycles. The molecule has 24 heavy (non-hydrogen) atoms. The average Bonchev–Trinajstić information content (AvgIpc) is 3.09. The van der Waals surface area contributed by atoms with Gasteiger partial charge in [-0.2, -0.15) is 0 Å². The van der Waals surface area contributed by atoms with Crippen LogP contribution >= 0.6 is 0 Å². The fraction of sp³-hybridized carbons (Fsp3) is 0.263. The molecule has 2 aromatic rings. The maximum Gasteiger partial charge on any atom is 0.248 e. The highest BCUT2D eigenvalue weighted by Gasteiger charge is 2.21. The summed E-state index contributed by atoms with van der Waals surface area (Å²) in [7, 11) is 0. The van der Waals surface area contributed by atoms with E-state index in [4.69, 9.17) is 4.42 Å². The molecule has 1 fully saturated rings. The summed E-state index contributed by atoms with van der Waals surface area (Å²) < 4.78 is 5.15. The average molecular weight is 324 g/mol. The molecule has 0 bridgehead atoms. The van der Waals surface area contributed by atoms with Crippen LogP contribution in [0.15, 0.2) is 47.1 Å². The van der Waals surface area contributed by atoms with E-state index in [1.165, 1.54) is 6.08 Å². The number of nitrogens with zero attached hydrogens (tertiary/aromatic N) is 1. The molecule has 2 heterocycles. The molecule has 2 amide bonds. The Morgan fingerprint density at radius 1 is 1.29 bits per heavy atom. The Kier molecular flexibility index (Phi) is 4.79. The zero-order chi connectivity index (χ0) is 16.9. The molecule has 1 aromatic heterocycles. The van der Waals surface area contributed by atoms with Crippen molar-refractivity contribution in [3.63, 3.8) is 0 Å². The predicted octanol–water partition coefficient (Wildman–Crippen LogP) is 3.76. The largest absolute Gasteiger partial charge is 0.465 e. The van der Waals surface area contributed by atoms with Crippen LogP contribution < -0.4 is 10.2 Å². The first kappa shape index (κ1) is 16.1. The monoisotopic (exact) mass is 324 g/mol. The summed E-state index contributed by atoms with van der Waals surface area (Å²) in [6.45, 7) is 2.70. The highest BCUT2D eigenvalue weighted by atomic mass is 16.3. The summed E-state index contributed by atoms with van der Waals surface area (Å²) in [5.41, 5.74) is 2.56. The molecule has 1 aromatic carbocycles. The molecule has 5 heteroatoms. The third kappa shape index (κ3) is 3.74. The fourth-order valence-electron chi connectivity index (χ4n) is 2.77. The maximum atomic E-state index is 12.1. The number of benzene rings is 1. The Morgan fingerprint density at radius 2 is 2.17 bits per heavy atom. The number of aryl methyl sites for hydroxylation is 1. The topological polar surface area (TPSA) is 62.6 Å². The molecule has 0 atom stereocenters. The molecular weight excluding hydrogens is 304 g/mol. The van der Waals surface area contributed by atoms with Crippen molar-refractivity contribution >= 4 is 29.3 Å². The summed E-state index contributed by atoms with van der Waals surface area (Å²) in [5, 5.41) is 2.82. The van der Waals surface area contributed by atoms with Gasteiger partial charge in [0.2, 0.25) is 11.8 Å². The second-order valence-electron chi connectivity index (χ2n) is 5.84. The van der Waals surface area contributed by atoms with Gasteiger partial charge in [-0.3, -0.25) is 9.59 Å². The van der Waals surface area contributed by atoms with Crippen molar-refractivity contribution in [3.8, 4) is 0 Å². The second kappa shape index (κ2) is 7.17. The van der Waals surface area contributed by atoms with Gasteiger partial charge < -0.3 is 14.6 Å². The molecule has 1 aliphatic rings. The Bertz CT molecular complexity index is 763. The van der Waals surface area contributed by atoms with E-state index in [0.29, 0.717) is 17.9 Å². The minimum Gasteiger partial charge on any atom is -0.465 e. The highest BCUT2D eigenvalue weighted by molar-refractivity contribution is 6.02. The highest BCUT2D eigenvalue weighted by Crippen LogP contribution is 2.27. The number of anilines is 2. The van der Waals surface area contributed by atoms with Crippen LogP contribution in [0.25, 0.3) is 6.08 Å². The van der Waals surface area contributed by atoms with E-state index in [2.05, 4.69) is 5.32 Å². The summed E-state index contributed by atoms with van der Waals surface area (Å²) in [4.78, 5) is 26.0. The molecule has 1 saturated heterocycles. The minimum atomic E-state index is -0.244. The standard InChI is InChI=1S/C19H20N2O3/c1-14-7-8-15(13-17(14)21-11-3-2-6-19(21)23)20-18(22)10-9-16-5-4-12-24-16/h4-5,7-10,12-13H,2-3,6,11H2,1H3,(H,20,22)/b10-9+. The van der Waals surface area contributed by atoms with Gasteiger partial charge in [0.25, 0.3) is 0 Å². The molecule has 0 saturated carbocycles. The Hall–Kier alpha value is -2.82. The van der Waals surface area contributed by atoms with Gasteiger partial charge in [-0.05, 0) is 55.7 Å². The molecule has 5 nitrogen and oxygen atoms in total. The molecule has 124 valence electrons. The third-order valence-corrected chi connectivity index (χ3v) is 4.03. The van der Waals surface area contributed by atoms with Gasteiger partial charge in [0, 0.05) is 30.4 Å². The zero-order valence-corrected chi connectivity index (χ0v) is 13.6. The number of amides is 2. The van der Waals surface area contributed by atoms with E-state index in [1.807, 2.05) is 30.0 Å². The smallest absolute Gasteiger partial charge is 0.248 e.